The Morgan fingerprint density at radius 2 is 1.76 bits per heavy atom. The molecule has 0 spiro atoms. The van der Waals surface area contributed by atoms with Crippen LogP contribution in [0, 0.1) is 5.92 Å². The number of ether oxygens (including phenoxy) is 1. The van der Waals surface area contributed by atoms with E-state index in [0.29, 0.717) is 24.2 Å². The quantitative estimate of drug-likeness (QED) is 0.831. The summed E-state index contributed by atoms with van der Waals surface area (Å²) in [6.45, 7) is 1.31. The minimum Gasteiger partial charge on any atom is -0.381 e. The maximum absolute atomic E-state index is 13.8. The summed E-state index contributed by atoms with van der Waals surface area (Å²) in [5, 5.41) is 0.704. The normalized spacial score (nSPS) is 25.3. The van der Waals surface area contributed by atoms with Crippen molar-refractivity contribution < 1.29 is 9.53 Å². The fourth-order valence-electron chi connectivity index (χ4n) is 4.64. The molecule has 0 aromatic heterocycles. The predicted molar refractivity (Wildman–Crippen MR) is 114 cm³/mol. The third-order valence-electron chi connectivity index (χ3n) is 6.29. The van der Waals surface area contributed by atoms with Crippen LogP contribution in [0.5, 0.6) is 0 Å². The second-order valence-electron chi connectivity index (χ2n) is 8.12. The van der Waals surface area contributed by atoms with Crippen LogP contribution in [0.4, 0.5) is 0 Å². The predicted octanol–water partition coefficient (Wildman–Crippen LogP) is 3.95. The standard InChI is InChI=1S/C23H24ClN3O2/c24-19-8-4-15(5-9-19)16-2-1-3-18(14-16)23(17-6-7-17)21(28)27(22(25)26-23)20-10-12-29-13-11-20/h1-5,8-9,14,17,20H,6-7,10-13H2,(H2,25,26). The van der Waals surface area contributed by atoms with Crippen molar-refractivity contribution in [2.45, 2.75) is 37.3 Å². The van der Waals surface area contributed by atoms with Gasteiger partial charge in [-0.15, -0.1) is 0 Å². The zero-order chi connectivity index (χ0) is 20.0. The van der Waals surface area contributed by atoms with Crippen LogP contribution in [0.15, 0.2) is 53.5 Å². The highest BCUT2D eigenvalue weighted by atomic mass is 35.5. The summed E-state index contributed by atoms with van der Waals surface area (Å²) in [7, 11) is 0. The number of benzene rings is 2. The molecule has 1 aliphatic carbocycles. The van der Waals surface area contributed by atoms with Crippen LogP contribution in [0.1, 0.15) is 31.2 Å². The molecule has 0 radical (unpaired) electrons. The molecular weight excluding hydrogens is 386 g/mol. The Kier molecular flexibility index (Phi) is 4.60. The zero-order valence-corrected chi connectivity index (χ0v) is 16.9. The topological polar surface area (TPSA) is 67.9 Å². The van der Waals surface area contributed by atoms with Crippen molar-refractivity contribution in [2.24, 2.45) is 16.6 Å². The van der Waals surface area contributed by atoms with E-state index in [4.69, 9.17) is 27.1 Å². The first-order chi connectivity index (χ1) is 14.1. The molecule has 2 fully saturated rings. The molecule has 2 aromatic rings. The SMILES string of the molecule is NC1=NC(c2cccc(-c3ccc(Cl)cc3)c2)(C2CC2)C(=O)N1C1CCOCC1. The van der Waals surface area contributed by atoms with Gasteiger partial charge in [-0.25, -0.2) is 4.99 Å². The van der Waals surface area contributed by atoms with Crippen LogP contribution in [-0.2, 0) is 15.1 Å². The number of rotatable bonds is 4. The lowest BCUT2D eigenvalue weighted by molar-refractivity contribution is -0.135. The molecule has 2 aliphatic heterocycles. The average Bonchev–Trinajstić information content (AvgIpc) is 3.55. The van der Waals surface area contributed by atoms with Gasteiger partial charge in [0.1, 0.15) is 0 Å². The molecule has 1 atom stereocenters. The van der Waals surface area contributed by atoms with E-state index in [9.17, 15) is 4.79 Å². The number of carbonyl (C=O) groups is 1. The number of nitrogens with two attached hydrogens (primary N) is 1. The molecule has 150 valence electrons. The summed E-state index contributed by atoms with van der Waals surface area (Å²) in [4.78, 5) is 20.4. The molecule has 1 saturated heterocycles. The maximum atomic E-state index is 13.8. The monoisotopic (exact) mass is 409 g/mol. The van der Waals surface area contributed by atoms with Crippen molar-refractivity contribution in [3.63, 3.8) is 0 Å². The second-order valence-corrected chi connectivity index (χ2v) is 8.55. The van der Waals surface area contributed by atoms with E-state index in [1.165, 1.54) is 0 Å². The third-order valence-corrected chi connectivity index (χ3v) is 6.54. The van der Waals surface area contributed by atoms with Gasteiger partial charge in [0, 0.05) is 24.3 Å². The smallest absolute Gasteiger partial charge is 0.262 e. The number of hydrogen-bond donors (Lipinski definition) is 1. The molecule has 0 bridgehead atoms. The molecule has 5 rings (SSSR count). The number of halogens is 1. The van der Waals surface area contributed by atoms with E-state index >= 15 is 0 Å². The summed E-state index contributed by atoms with van der Waals surface area (Å²) >= 11 is 6.04. The summed E-state index contributed by atoms with van der Waals surface area (Å²) in [6, 6.07) is 16.0. The van der Waals surface area contributed by atoms with Gasteiger partial charge in [0.05, 0.1) is 0 Å². The molecule has 1 unspecified atom stereocenters. The molecule has 1 saturated carbocycles. The molecule has 1 amide bonds. The van der Waals surface area contributed by atoms with Gasteiger partial charge < -0.3 is 10.5 Å². The lowest BCUT2D eigenvalue weighted by atomic mass is 9.83. The summed E-state index contributed by atoms with van der Waals surface area (Å²) in [5.41, 5.74) is 8.48. The van der Waals surface area contributed by atoms with E-state index in [1.54, 1.807) is 4.90 Å². The highest BCUT2D eigenvalue weighted by Crippen LogP contribution is 2.52. The van der Waals surface area contributed by atoms with Crippen LogP contribution < -0.4 is 5.73 Å². The van der Waals surface area contributed by atoms with Crippen molar-refractivity contribution in [2.75, 3.05) is 13.2 Å². The fraction of sp³-hybridized carbons (Fsp3) is 0.391. The van der Waals surface area contributed by atoms with Crippen molar-refractivity contribution in [3.8, 4) is 11.1 Å². The minimum absolute atomic E-state index is 0.0256. The molecular formula is C23H24ClN3O2. The average molecular weight is 410 g/mol. The highest BCUT2D eigenvalue weighted by Gasteiger charge is 2.59. The lowest BCUT2D eigenvalue weighted by Crippen LogP contribution is -2.51. The van der Waals surface area contributed by atoms with E-state index in [-0.39, 0.29) is 17.9 Å². The maximum Gasteiger partial charge on any atom is 0.262 e. The number of amides is 1. The van der Waals surface area contributed by atoms with E-state index in [0.717, 1.165) is 42.4 Å². The number of carbonyl (C=O) groups excluding carboxylic acids is 1. The van der Waals surface area contributed by atoms with Crippen molar-refractivity contribution in [1.82, 2.24) is 4.90 Å². The van der Waals surface area contributed by atoms with Gasteiger partial charge >= 0.3 is 0 Å². The third kappa shape index (κ3) is 3.13. The molecule has 2 N–H and O–H groups in total. The first-order valence-electron chi connectivity index (χ1n) is 10.2. The Balaban J connectivity index is 1.55. The molecule has 3 aliphatic rings. The lowest BCUT2D eigenvalue weighted by Gasteiger charge is -2.33. The van der Waals surface area contributed by atoms with Gasteiger partial charge in [0.25, 0.3) is 5.91 Å². The second kappa shape index (κ2) is 7.15. The van der Waals surface area contributed by atoms with Gasteiger partial charge in [-0.05, 0) is 66.5 Å². The van der Waals surface area contributed by atoms with Crippen LogP contribution in [0.2, 0.25) is 5.02 Å². The van der Waals surface area contributed by atoms with Gasteiger partial charge in [-0.1, -0.05) is 41.9 Å². The molecule has 29 heavy (non-hydrogen) atoms. The molecule has 2 aromatic carbocycles. The summed E-state index contributed by atoms with van der Waals surface area (Å²) < 4.78 is 5.47. The Bertz CT molecular complexity index is 964. The van der Waals surface area contributed by atoms with Crippen LogP contribution in [-0.4, -0.2) is 36.0 Å². The highest BCUT2D eigenvalue weighted by molar-refractivity contribution is 6.30. The Morgan fingerprint density at radius 1 is 1.03 bits per heavy atom. The Morgan fingerprint density at radius 3 is 2.45 bits per heavy atom. The van der Waals surface area contributed by atoms with Gasteiger partial charge in [0.15, 0.2) is 11.5 Å². The first-order valence-corrected chi connectivity index (χ1v) is 10.6. The van der Waals surface area contributed by atoms with Crippen LogP contribution in [0.25, 0.3) is 11.1 Å². The first kappa shape index (κ1) is 18.6. The van der Waals surface area contributed by atoms with Crippen LogP contribution in [0.3, 0.4) is 0 Å². The Labute approximate surface area is 175 Å². The summed E-state index contributed by atoms with van der Waals surface area (Å²) in [6.07, 6.45) is 3.59. The zero-order valence-electron chi connectivity index (χ0n) is 16.2. The van der Waals surface area contributed by atoms with E-state index in [1.807, 2.05) is 36.4 Å². The molecule has 5 nitrogen and oxygen atoms in total. The van der Waals surface area contributed by atoms with E-state index in [2.05, 4.69) is 12.1 Å². The molecule has 6 heteroatoms. The largest absolute Gasteiger partial charge is 0.381 e. The van der Waals surface area contributed by atoms with Crippen molar-refractivity contribution in [1.29, 1.82) is 0 Å². The molecule has 2 heterocycles. The number of guanidine groups is 1. The Hall–Kier alpha value is -2.37. The van der Waals surface area contributed by atoms with Gasteiger partial charge in [0.2, 0.25) is 0 Å². The number of hydrogen-bond acceptors (Lipinski definition) is 4. The summed E-state index contributed by atoms with van der Waals surface area (Å²) in [5.74, 6) is 0.585. The van der Waals surface area contributed by atoms with Gasteiger partial charge in [-0.3, -0.25) is 9.69 Å². The number of nitrogens with zero attached hydrogens (tertiary/aromatic N) is 2. The van der Waals surface area contributed by atoms with Crippen molar-refractivity contribution >= 4 is 23.5 Å². The van der Waals surface area contributed by atoms with Gasteiger partial charge in [-0.2, -0.15) is 0 Å². The van der Waals surface area contributed by atoms with E-state index < -0.39 is 5.54 Å². The fourth-order valence-corrected chi connectivity index (χ4v) is 4.76. The van der Waals surface area contributed by atoms with Crippen molar-refractivity contribution in [3.05, 3.63) is 59.1 Å². The van der Waals surface area contributed by atoms with Crippen LogP contribution >= 0.6 is 11.6 Å². The number of aliphatic imine (C=N–C) groups is 1. The minimum atomic E-state index is -0.898.